The number of rotatable bonds is 4. The van der Waals surface area contributed by atoms with Gasteiger partial charge >= 0.3 is 0 Å². The minimum atomic E-state index is -0.458. The lowest BCUT2D eigenvalue weighted by atomic mass is 9.98. The largest absolute Gasteiger partial charge is 0.493 e. The molecule has 6 heteroatoms. The van der Waals surface area contributed by atoms with E-state index in [0.717, 1.165) is 29.1 Å². The number of nitrogens with zero attached hydrogens (tertiary/aromatic N) is 2. The number of hydrogen-bond acceptors (Lipinski definition) is 5. The first kappa shape index (κ1) is 16.8. The highest BCUT2D eigenvalue weighted by atomic mass is 16.5. The predicted molar refractivity (Wildman–Crippen MR) is 98.3 cm³/mol. The molecule has 0 radical (unpaired) electrons. The van der Waals surface area contributed by atoms with Crippen molar-refractivity contribution in [1.29, 1.82) is 0 Å². The van der Waals surface area contributed by atoms with Crippen molar-refractivity contribution >= 4 is 17.3 Å². The molecule has 0 unspecified atom stereocenters. The molecule has 0 fully saturated rings. The number of nitrogens with two attached hydrogens (primary N) is 1. The summed E-state index contributed by atoms with van der Waals surface area (Å²) in [6, 6.07) is 11.1. The molecular weight excluding hydrogens is 318 g/mol. The first-order valence-electron chi connectivity index (χ1n) is 7.97. The van der Waals surface area contributed by atoms with E-state index in [1.807, 2.05) is 31.3 Å². The van der Waals surface area contributed by atoms with Gasteiger partial charge in [-0.3, -0.25) is 9.79 Å². The van der Waals surface area contributed by atoms with Crippen molar-refractivity contribution in [1.82, 2.24) is 0 Å². The Kier molecular flexibility index (Phi) is 4.61. The second-order valence-electron chi connectivity index (χ2n) is 5.82. The van der Waals surface area contributed by atoms with E-state index < -0.39 is 5.91 Å². The van der Waals surface area contributed by atoms with Gasteiger partial charge in [0.1, 0.15) is 0 Å². The van der Waals surface area contributed by atoms with Crippen molar-refractivity contribution in [2.45, 2.75) is 0 Å². The van der Waals surface area contributed by atoms with Crippen molar-refractivity contribution < 1.29 is 14.3 Å². The van der Waals surface area contributed by atoms with Crippen molar-refractivity contribution in [2.24, 2.45) is 10.7 Å². The average molecular weight is 339 g/mol. The van der Waals surface area contributed by atoms with Crippen LogP contribution in [0.4, 0.5) is 5.69 Å². The molecule has 0 spiro atoms. The van der Waals surface area contributed by atoms with Gasteiger partial charge in [0.2, 0.25) is 5.91 Å². The van der Waals surface area contributed by atoms with E-state index in [4.69, 9.17) is 20.2 Å². The monoisotopic (exact) mass is 339 g/mol. The number of benzene rings is 2. The van der Waals surface area contributed by atoms with Gasteiger partial charge in [-0.15, -0.1) is 0 Å². The van der Waals surface area contributed by atoms with E-state index >= 15 is 0 Å². The molecule has 6 nitrogen and oxygen atoms in total. The molecule has 0 bridgehead atoms. The normalized spacial score (nSPS) is 13.6. The number of methoxy groups -OCH3 is 2. The number of primary amides is 1. The molecule has 2 aromatic rings. The van der Waals surface area contributed by atoms with Crippen molar-refractivity contribution in [3.63, 3.8) is 0 Å². The van der Waals surface area contributed by atoms with Gasteiger partial charge < -0.3 is 20.1 Å². The predicted octanol–water partition coefficient (Wildman–Crippen LogP) is 2.09. The summed E-state index contributed by atoms with van der Waals surface area (Å²) in [5.74, 6) is 0.844. The first-order chi connectivity index (χ1) is 12.0. The van der Waals surface area contributed by atoms with Gasteiger partial charge in [0.25, 0.3) is 0 Å². The van der Waals surface area contributed by atoms with E-state index in [1.54, 1.807) is 26.4 Å². The molecule has 0 saturated heterocycles. The third kappa shape index (κ3) is 3.15. The van der Waals surface area contributed by atoms with E-state index in [1.165, 1.54) is 0 Å². The van der Waals surface area contributed by atoms with Crippen LogP contribution in [0, 0.1) is 0 Å². The minimum absolute atomic E-state index is 0.458. The van der Waals surface area contributed by atoms with Crippen LogP contribution in [0.2, 0.25) is 0 Å². The topological polar surface area (TPSA) is 77.2 Å². The number of ether oxygens (including phenoxy) is 2. The molecule has 2 N–H and O–H groups in total. The lowest BCUT2D eigenvalue weighted by molar-refractivity contribution is 0.100. The highest BCUT2D eigenvalue weighted by Crippen LogP contribution is 2.37. The SMILES string of the molecule is COc1cc2c(cc1OC)N(C)CCN=C2c1cccc(C(N)=O)c1. The fourth-order valence-electron chi connectivity index (χ4n) is 2.96. The Bertz CT molecular complexity index is 846. The van der Waals surface area contributed by atoms with Gasteiger partial charge in [0.15, 0.2) is 11.5 Å². The summed E-state index contributed by atoms with van der Waals surface area (Å²) in [6.07, 6.45) is 0. The summed E-state index contributed by atoms with van der Waals surface area (Å²) in [5.41, 5.74) is 9.46. The summed E-state index contributed by atoms with van der Waals surface area (Å²) < 4.78 is 10.9. The van der Waals surface area contributed by atoms with Gasteiger partial charge in [-0.25, -0.2) is 0 Å². The van der Waals surface area contributed by atoms with Crippen LogP contribution in [0.3, 0.4) is 0 Å². The zero-order valence-electron chi connectivity index (χ0n) is 14.6. The number of hydrogen-bond donors (Lipinski definition) is 1. The van der Waals surface area contributed by atoms with E-state index in [0.29, 0.717) is 23.6 Å². The maximum atomic E-state index is 11.5. The van der Waals surface area contributed by atoms with Crippen LogP contribution in [0.5, 0.6) is 11.5 Å². The van der Waals surface area contributed by atoms with Crippen LogP contribution in [-0.2, 0) is 0 Å². The van der Waals surface area contributed by atoms with Crippen molar-refractivity contribution in [3.8, 4) is 11.5 Å². The van der Waals surface area contributed by atoms with Crippen LogP contribution < -0.4 is 20.1 Å². The smallest absolute Gasteiger partial charge is 0.248 e. The Morgan fingerprint density at radius 2 is 1.88 bits per heavy atom. The molecule has 25 heavy (non-hydrogen) atoms. The van der Waals surface area contributed by atoms with Crippen LogP contribution >= 0.6 is 0 Å². The van der Waals surface area contributed by atoms with E-state index in [-0.39, 0.29) is 0 Å². The molecule has 0 atom stereocenters. The van der Waals surface area contributed by atoms with Gasteiger partial charge in [-0.05, 0) is 18.2 Å². The molecule has 1 heterocycles. The lowest BCUT2D eigenvalue weighted by Crippen LogP contribution is -2.20. The quantitative estimate of drug-likeness (QED) is 0.925. The molecule has 0 aromatic heterocycles. The Hall–Kier alpha value is -3.02. The van der Waals surface area contributed by atoms with Gasteiger partial charge in [-0.2, -0.15) is 0 Å². The second kappa shape index (κ2) is 6.84. The summed E-state index contributed by atoms with van der Waals surface area (Å²) >= 11 is 0. The molecule has 0 aliphatic carbocycles. The molecule has 1 aliphatic rings. The van der Waals surface area contributed by atoms with Crippen LogP contribution in [-0.4, -0.2) is 46.0 Å². The number of carbonyl (C=O) groups is 1. The van der Waals surface area contributed by atoms with Gasteiger partial charge in [0, 0.05) is 42.0 Å². The number of carbonyl (C=O) groups excluding carboxylic acids is 1. The summed E-state index contributed by atoms with van der Waals surface area (Å²) in [5, 5.41) is 0. The Morgan fingerprint density at radius 3 is 2.56 bits per heavy atom. The molecule has 3 rings (SSSR count). The summed E-state index contributed by atoms with van der Waals surface area (Å²) in [7, 11) is 5.24. The first-order valence-corrected chi connectivity index (χ1v) is 7.97. The van der Waals surface area contributed by atoms with E-state index in [2.05, 4.69) is 4.90 Å². The third-order valence-electron chi connectivity index (χ3n) is 4.29. The number of anilines is 1. The number of fused-ring (bicyclic) bond motifs is 1. The number of benzodiazepines with no additional fused rings is 1. The summed E-state index contributed by atoms with van der Waals surface area (Å²) in [4.78, 5) is 18.4. The molecule has 1 aliphatic heterocycles. The minimum Gasteiger partial charge on any atom is -0.493 e. The van der Waals surface area contributed by atoms with Crippen molar-refractivity contribution in [2.75, 3.05) is 39.3 Å². The molecule has 0 saturated carbocycles. The summed E-state index contributed by atoms with van der Waals surface area (Å²) in [6.45, 7) is 1.42. The fourth-order valence-corrected chi connectivity index (χ4v) is 2.96. The zero-order chi connectivity index (χ0) is 18.0. The van der Waals surface area contributed by atoms with Crippen LogP contribution in [0.25, 0.3) is 0 Å². The van der Waals surface area contributed by atoms with Crippen molar-refractivity contribution in [3.05, 3.63) is 53.1 Å². The number of likely N-dealkylation sites (N-methyl/N-ethyl adjacent to an activating group) is 1. The maximum absolute atomic E-state index is 11.5. The maximum Gasteiger partial charge on any atom is 0.248 e. The molecule has 2 aromatic carbocycles. The van der Waals surface area contributed by atoms with E-state index in [9.17, 15) is 4.79 Å². The highest BCUT2D eigenvalue weighted by molar-refractivity contribution is 6.17. The van der Waals surface area contributed by atoms with Gasteiger partial charge in [-0.1, -0.05) is 12.1 Å². The Balaban J connectivity index is 2.19. The fraction of sp³-hybridized carbons (Fsp3) is 0.263. The highest BCUT2D eigenvalue weighted by Gasteiger charge is 2.21. The zero-order valence-corrected chi connectivity index (χ0v) is 14.6. The Labute approximate surface area is 146 Å². The van der Waals surface area contributed by atoms with Crippen LogP contribution in [0.15, 0.2) is 41.4 Å². The van der Waals surface area contributed by atoms with Gasteiger partial charge in [0.05, 0.1) is 26.5 Å². The number of aliphatic imine (C=N–C) groups is 1. The lowest BCUT2D eigenvalue weighted by Gasteiger charge is -2.21. The standard InChI is InChI=1S/C19H21N3O3/c1-22-8-7-21-18(12-5-4-6-13(9-12)19(20)23)14-10-16(24-2)17(25-3)11-15(14)22/h4-6,9-11H,7-8H2,1-3H3,(H2,20,23). The van der Waals surface area contributed by atoms with Crippen LogP contribution in [0.1, 0.15) is 21.5 Å². The second-order valence-corrected chi connectivity index (χ2v) is 5.82. The Morgan fingerprint density at radius 1 is 1.16 bits per heavy atom. The third-order valence-corrected chi connectivity index (χ3v) is 4.29. The molecule has 130 valence electrons. The molecular formula is C19H21N3O3. The molecule has 1 amide bonds. The number of amides is 1. The average Bonchev–Trinajstić information content (AvgIpc) is 2.79.